The third-order valence-electron chi connectivity index (χ3n) is 2.07. The summed E-state index contributed by atoms with van der Waals surface area (Å²) >= 11 is 1.28. The maximum absolute atomic E-state index is 11.4. The molecule has 1 heterocycles. The van der Waals surface area contributed by atoms with Crippen molar-refractivity contribution in [1.82, 2.24) is 10.3 Å². The van der Waals surface area contributed by atoms with Crippen molar-refractivity contribution in [1.29, 1.82) is 10.5 Å². The second-order valence-electron chi connectivity index (χ2n) is 3.21. The lowest BCUT2D eigenvalue weighted by molar-refractivity contribution is 0.0956. The standard InChI is InChI=1S/C10H11N5OS/c11-2-4-15(5-3-12)7-8-1-6-17-9(8)10(16)14-13/h1,6H,4-5,7,13H2,(H,14,16). The van der Waals surface area contributed by atoms with Gasteiger partial charge in [-0.1, -0.05) is 0 Å². The predicted molar refractivity (Wildman–Crippen MR) is 62.5 cm³/mol. The van der Waals surface area contributed by atoms with E-state index in [0.717, 1.165) is 5.56 Å². The number of carbonyl (C=O) groups is 1. The molecule has 0 aliphatic heterocycles. The van der Waals surface area contributed by atoms with Crippen molar-refractivity contribution in [2.75, 3.05) is 13.1 Å². The summed E-state index contributed by atoms with van der Waals surface area (Å²) in [5, 5.41) is 19.0. The van der Waals surface area contributed by atoms with Gasteiger partial charge in [0.25, 0.3) is 5.91 Å². The third kappa shape index (κ3) is 3.54. The first-order chi connectivity index (χ1) is 8.22. The van der Waals surface area contributed by atoms with Gasteiger partial charge in [0.15, 0.2) is 0 Å². The Labute approximate surface area is 103 Å². The highest BCUT2D eigenvalue weighted by Gasteiger charge is 2.14. The molecule has 1 aromatic heterocycles. The number of nitrogens with zero attached hydrogens (tertiary/aromatic N) is 3. The molecule has 0 aromatic carbocycles. The van der Waals surface area contributed by atoms with Crippen molar-refractivity contribution in [2.24, 2.45) is 5.84 Å². The summed E-state index contributed by atoms with van der Waals surface area (Å²) in [6.45, 7) is 0.674. The number of nitriles is 2. The van der Waals surface area contributed by atoms with Crippen molar-refractivity contribution < 1.29 is 4.79 Å². The molecular formula is C10H11N5OS. The van der Waals surface area contributed by atoms with E-state index in [2.05, 4.69) is 5.43 Å². The number of nitrogen functional groups attached to an aromatic ring is 1. The first kappa shape index (κ1) is 13.1. The monoisotopic (exact) mass is 249 g/mol. The van der Waals surface area contributed by atoms with Gasteiger partial charge in [-0.25, -0.2) is 5.84 Å². The lowest BCUT2D eigenvalue weighted by atomic mass is 10.2. The van der Waals surface area contributed by atoms with E-state index in [1.54, 1.807) is 16.3 Å². The molecule has 0 radical (unpaired) electrons. The zero-order chi connectivity index (χ0) is 12.7. The highest BCUT2D eigenvalue weighted by Crippen LogP contribution is 2.18. The van der Waals surface area contributed by atoms with Crippen LogP contribution >= 0.6 is 11.3 Å². The Morgan fingerprint density at radius 1 is 1.47 bits per heavy atom. The van der Waals surface area contributed by atoms with Gasteiger partial charge in [0.05, 0.1) is 30.1 Å². The fraction of sp³-hybridized carbons (Fsp3) is 0.300. The molecule has 0 saturated carbocycles. The van der Waals surface area contributed by atoms with Gasteiger partial charge in [-0.3, -0.25) is 15.1 Å². The Balaban J connectivity index is 2.80. The number of carbonyl (C=O) groups excluding carboxylic acids is 1. The molecule has 6 nitrogen and oxygen atoms in total. The van der Waals surface area contributed by atoms with Crippen molar-refractivity contribution in [3.05, 3.63) is 21.9 Å². The summed E-state index contributed by atoms with van der Waals surface area (Å²) < 4.78 is 0. The number of nitrogens with two attached hydrogens (primary N) is 1. The van der Waals surface area contributed by atoms with E-state index in [4.69, 9.17) is 16.4 Å². The summed E-state index contributed by atoms with van der Waals surface area (Å²) in [6.07, 6.45) is 0. The zero-order valence-electron chi connectivity index (χ0n) is 9.01. The van der Waals surface area contributed by atoms with Crippen LogP contribution in [0.2, 0.25) is 0 Å². The average Bonchev–Trinajstić information content (AvgIpc) is 2.77. The van der Waals surface area contributed by atoms with Crippen LogP contribution in [-0.4, -0.2) is 23.9 Å². The minimum Gasteiger partial charge on any atom is -0.289 e. The van der Waals surface area contributed by atoms with Crippen molar-refractivity contribution in [3.63, 3.8) is 0 Å². The lowest BCUT2D eigenvalue weighted by Crippen LogP contribution is -2.31. The SMILES string of the molecule is N#CCN(CC#N)Cc1ccsc1C(=O)NN. The summed E-state index contributed by atoms with van der Waals surface area (Å²) in [6, 6.07) is 5.75. The Bertz CT molecular complexity index is 454. The predicted octanol–water partition coefficient (Wildman–Crippen LogP) is 0.201. The molecule has 0 saturated heterocycles. The van der Waals surface area contributed by atoms with E-state index >= 15 is 0 Å². The maximum Gasteiger partial charge on any atom is 0.275 e. The number of thiophene rings is 1. The minimum atomic E-state index is -0.358. The number of hydrogen-bond donors (Lipinski definition) is 2. The van der Waals surface area contributed by atoms with Crippen LogP contribution in [0, 0.1) is 22.7 Å². The van der Waals surface area contributed by atoms with Crippen molar-refractivity contribution >= 4 is 17.2 Å². The van der Waals surface area contributed by atoms with E-state index in [1.165, 1.54) is 11.3 Å². The van der Waals surface area contributed by atoms with Crippen LogP contribution in [0.4, 0.5) is 0 Å². The first-order valence-electron chi connectivity index (χ1n) is 4.76. The number of hydrogen-bond acceptors (Lipinski definition) is 6. The molecule has 17 heavy (non-hydrogen) atoms. The van der Waals surface area contributed by atoms with E-state index < -0.39 is 0 Å². The molecule has 0 aliphatic rings. The highest BCUT2D eigenvalue weighted by atomic mass is 32.1. The normalized spacial score (nSPS) is 9.65. The topological polar surface area (TPSA) is 106 Å². The largest absolute Gasteiger partial charge is 0.289 e. The van der Waals surface area contributed by atoms with E-state index in [-0.39, 0.29) is 19.0 Å². The van der Waals surface area contributed by atoms with E-state index in [9.17, 15) is 4.79 Å². The van der Waals surface area contributed by atoms with Crippen LogP contribution in [0.15, 0.2) is 11.4 Å². The van der Waals surface area contributed by atoms with Crippen LogP contribution < -0.4 is 11.3 Å². The first-order valence-corrected chi connectivity index (χ1v) is 5.64. The number of nitrogens with one attached hydrogen (secondary N) is 1. The maximum atomic E-state index is 11.4. The lowest BCUT2D eigenvalue weighted by Gasteiger charge is -2.14. The second kappa shape index (κ2) is 6.61. The molecule has 0 atom stereocenters. The minimum absolute atomic E-state index is 0.146. The molecule has 0 bridgehead atoms. The molecule has 88 valence electrons. The second-order valence-corrected chi connectivity index (χ2v) is 4.13. The molecule has 1 rings (SSSR count). The summed E-state index contributed by atoms with van der Waals surface area (Å²) in [7, 11) is 0. The van der Waals surface area contributed by atoms with Crippen LogP contribution in [0.1, 0.15) is 15.2 Å². The van der Waals surface area contributed by atoms with Gasteiger partial charge in [-0.05, 0) is 17.0 Å². The Morgan fingerprint density at radius 2 is 2.12 bits per heavy atom. The quantitative estimate of drug-likeness (QED) is 0.335. The van der Waals surface area contributed by atoms with Crippen LogP contribution in [0.5, 0.6) is 0 Å². The fourth-order valence-electron chi connectivity index (χ4n) is 1.33. The Morgan fingerprint density at radius 3 is 2.65 bits per heavy atom. The average molecular weight is 249 g/mol. The van der Waals surface area contributed by atoms with Gasteiger partial charge in [-0.15, -0.1) is 11.3 Å². The fourth-order valence-corrected chi connectivity index (χ4v) is 2.15. The number of amides is 1. The summed E-state index contributed by atoms with van der Waals surface area (Å²) in [4.78, 5) is 13.6. The smallest absolute Gasteiger partial charge is 0.275 e. The number of hydrazine groups is 1. The zero-order valence-corrected chi connectivity index (χ0v) is 9.83. The van der Waals surface area contributed by atoms with Gasteiger partial charge < -0.3 is 0 Å². The van der Waals surface area contributed by atoms with E-state index in [0.29, 0.717) is 11.4 Å². The van der Waals surface area contributed by atoms with Gasteiger partial charge in [0.1, 0.15) is 0 Å². The van der Waals surface area contributed by atoms with Gasteiger partial charge in [-0.2, -0.15) is 10.5 Å². The molecule has 3 N–H and O–H groups in total. The molecule has 0 unspecified atom stereocenters. The third-order valence-corrected chi connectivity index (χ3v) is 3.02. The molecule has 1 aromatic rings. The van der Waals surface area contributed by atoms with Crippen LogP contribution in [0.3, 0.4) is 0 Å². The molecule has 1 amide bonds. The van der Waals surface area contributed by atoms with Crippen LogP contribution in [0.25, 0.3) is 0 Å². The molecule has 7 heteroatoms. The highest BCUT2D eigenvalue weighted by molar-refractivity contribution is 7.12. The van der Waals surface area contributed by atoms with Gasteiger partial charge in [0, 0.05) is 6.54 Å². The number of rotatable bonds is 5. The Kier molecular flexibility index (Phi) is 5.11. The van der Waals surface area contributed by atoms with E-state index in [1.807, 2.05) is 12.1 Å². The van der Waals surface area contributed by atoms with Gasteiger partial charge >= 0.3 is 0 Å². The molecule has 0 spiro atoms. The summed E-state index contributed by atoms with van der Waals surface area (Å²) in [5.74, 6) is 4.71. The molecular weight excluding hydrogens is 238 g/mol. The van der Waals surface area contributed by atoms with Crippen molar-refractivity contribution in [3.8, 4) is 12.1 Å². The summed E-state index contributed by atoms with van der Waals surface area (Å²) in [5.41, 5.74) is 2.84. The van der Waals surface area contributed by atoms with Gasteiger partial charge in [0.2, 0.25) is 0 Å². The van der Waals surface area contributed by atoms with Crippen molar-refractivity contribution in [2.45, 2.75) is 6.54 Å². The Hall–Kier alpha value is -1.93. The molecule has 0 aliphatic carbocycles. The molecule has 0 fully saturated rings. The van der Waals surface area contributed by atoms with Crippen LogP contribution in [-0.2, 0) is 6.54 Å².